The maximum absolute atomic E-state index is 11.3. The average Bonchev–Trinajstić information content (AvgIpc) is 2.54. The van der Waals surface area contributed by atoms with Gasteiger partial charge < -0.3 is 14.9 Å². The molecule has 0 aliphatic carbocycles. The van der Waals surface area contributed by atoms with Crippen molar-refractivity contribution >= 4 is 25.4 Å². The highest BCUT2D eigenvalue weighted by Crippen LogP contribution is 2.38. The number of benzene rings is 1. The summed E-state index contributed by atoms with van der Waals surface area (Å²) in [5, 5.41) is 17.9. The van der Waals surface area contributed by atoms with Crippen LogP contribution in [0.4, 0.5) is 11.5 Å². The molecule has 0 saturated heterocycles. The zero-order chi connectivity index (χ0) is 17.7. The molecule has 1 heterocycles. The third-order valence-electron chi connectivity index (χ3n) is 3.25. The van der Waals surface area contributed by atoms with E-state index in [9.17, 15) is 14.5 Å². The summed E-state index contributed by atoms with van der Waals surface area (Å²) in [5.74, 6) is -0.283. The highest BCUT2D eigenvalue weighted by atomic mass is 31.2. The number of rotatable bonds is 6. The van der Waals surface area contributed by atoms with Gasteiger partial charge in [0.25, 0.3) is 0 Å². The van der Waals surface area contributed by atoms with Crippen molar-refractivity contribution in [1.29, 1.82) is 0 Å². The molecule has 1 aromatic carbocycles. The van der Waals surface area contributed by atoms with E-state index in [4.69, 9.17) is 9.79 Å². The molecule has 0 aliphatic rings. The van der Waals surface area contributed by atoms with Crippen molar-refractivity contribution < 1.29 is 24.3 Å². The fourth-order valence-electron chi connectivity index (χ4n) is 2.05. The number of aryl methyl sites for hydroxylation is 1. The molecule has 0 bridgehead atoms. The summed E-state index contributed by atoms with van der Waals surface area (Å²) in [6.07, 6.45) is -0.241. The summed E-state index contributed by atoms with van der Waals surface area (Å²) >= 11 is 0. The Kier molecular flexibility index (Phi) is 5.56. The number of aromatic nitrogens is 1. The standard InChI is InChI=1S/C15H16N3O5P/c1-10-14(20)13(9-19)12(7-8-24(21,22)23)15(16-10)18-17-11-5-3-2-4-6-11/h2-6,9,20H,7-8H2,1H3,(H2,21,22,23). The van der Waals surface area contributed by atoms with E-state index in [0.29, 0.717) is 12.0 Å². The van der Waals surface area contributed by atoms with Crippen LogP contribution in [0.15, 0.2) is 40.6 Å². The monoisotopic (exact) mass is 349 g/mol. The van der Waals surface area contributed by atoms with Gasteiger partial charge in [0.2, 0.25) is 0 Å². The van der Waals surface area contributed by atoms with Crippen LogP contribution < -0.4 is 0 Å². The molecule has 0 fully saturated rings. The number of aromatic hydroxyl groups is 1. The van der Waals surface area contributed by atoms with Crippen LogP contribution in [-0.4, -0.2) is 32.3 Å². The lowest BCUT2D eigenvalue weighted by atomic mass is 10.1. The molecule has 9 heteroatoms. The number of carbonyl (C=O) groups excluding carboxylic acids is 1. The topological polar surface area (TPSA) is 132 Å². The van der Waals surface area contributed by atoms with E-state index >= 15 is 0 Å². The molecular formula is C15H16N3O5P. The van der Waals surface area contributed by atoms with Crippen LogP contribution in [0.3, 0.4) is 0 Å². The van der Waals surface area contributed by atoms with Gasteiger partial charge in [0.05, 0.1) is 23.1 Å². The average molecular weight is 349 g/mol. The molecule has 126 valence electrons. The lowest BCUT2D eigenvalue weighted by Gasteiger charge is -2.11. The number of hydrogen-bond donors (Lipinski definition) is 3. The molecular weight excluding hydrogens is 333 g/mol. The van der Waals surface area contributed by atoms with Gasteiger partial charge in [-0.2, -0.15) is 0 Å². The second kappa shape index (κ2) is 7.44. The zero-order valence-corrected chi connectivity index (χ0v) is 13.7. The molecule has 8 nitrogen and oxygen atoms in total. The minimum absolute atomic E-state index is 0.0460. The first-order valence-corrected chi connectivity index (χ1v) is 8.80. The van der Waals surface area contributed by atoms with Crippen molar-refractivity contribution in [1.82, 2.24) is 4.98 Å². The number of nitrogens with zero attached hydrogens (tertiary/aromatic N) is 3. The zero-order valence-electron chi connectivity index (χ0n) is 12.8. The number of pyridine rings is 1. The van der Waals surface area contributed by atoms with Crippen molar-refractivity contribution in [2.24, 2.45) is 10.2 Å². The van der Waals surface area contributed by atoms with Crippen molar-refractivity contribution in [3.8, 4) is 5.75 Å². The maximum Gasteiger partial charge on any atom is 0.325 e. The van der Waals surface area contributed by atoms with E-state index in [1.807, 2.05) is 6.07 Å². The van der Waals surface area contributed by atoms with Crippen molar-refractivity contribution in [2.75, 3.05) is 6.16 Å². The molecule has 0 saturated carbocycles. The SMILES string of the molecule is Cc1nc(N=Nc2ccccc2)c(CCP(=O)(O)O)c(C=O)c1O. The Morgan fingerprint density at radius 1 is 1.21 bits per heavy atom. The van der Waals surface area contributed by atoms with E-state index in [-0.39, 0.29) is 34.8 Å². The molecule has 0 aliphatic heterocycles. The minimum Gasteiger partial charge on any atom is -0.505 e. The highest BCUT2D eigenvalue weighted by Gasteiger charge is 2.21. The summed E-state index contributed by atoms with van der Waals surface area (Å²) in [4.78, 5) is 33.5. The molecule has 2 rings (SSSR count). The van der Waals surface area contributed by atoms with Gasteiger partial charge in [-0.1, -0.05) is 18.2 Å². The van der Waals surface area contributed by atoms with Gasteiger partial charge in [0, 0.05) is 5.56 Å². The predicted molar refractivity (Wildman–Crippen MR) is 87.3 cm³/mol. The molecule has 3 N–H and O–H groups in total. The van der Waals surface area contributed by atoms with Gasteiger partial charge in [-0.25, -0.2) is 4.98 Å². The molecule has 24 heavy (non-hydrogen) atoms. The van der Waals surface area contributed by atoms with Gasteiger partial charge in [0.15, 0.2) is 12.1 Å². The van der Waals surface area contributed by atoms with Crippen molar-refractivity contribution in [3.63, 3.8) is 0 Å². The third kappa shape index (κ3) is 4.55. The van der Waals surface area contributed by atoms with Crippen molar-refractivity contribution in [3.05, 3.63) is 47.2 Å². The number of carbonyl (C=O) groups is 1. The number of azo groups is 1. The summed E-state index contributed by atoms with van der Waals surface area (Å²) in [6, 6.07) is 8.79. The Morgan fingerprint density at radius 3 is 2.46 bits per heavy atom. The molecule has 2 aromatic rings. The summed E-state index contributed by atoms with van der Waals surface area (Å²) in [6.45, 7) is 1.50. The molecule has 0 atom stereocenters. The Labute approximate surface area is 138 Å². The lowest BCUT2D eigenvalue weighted by Crippen LogP contribution is -2.02. The maximum atomic E-state index is 11.3. The molecule has 1 aromatic heterocycles. The highest BCUT2D eigenvalue weighted by molar-refractivity contribution is 7.51. The fraction of sp³-hybridized carbons (Fsp3) is 0.200. The smallest absolute Gasteiger partial charge is 0.325 e. The Hall–Kier alpha value is -2.41. The van der Waals surface area contributed by atoms with Gasteiger partial charge >= 0.3 is 7.60 Å². The van der Waals surface area contributed by atoms with E-state index in [1.54, 1.807) is 24.3 Å². The van der Waals surface area contributed by atoms with Crippen LogP contribution in [-0.2, 0) is 11.0 Å². The lowest BCUT2D eigenvalue weighted by molar-refractivity contribution is 0.111. The summed E-state index contributed by atoms with van der Waals surface area (Å²) in [7, 11) is -4.28. The molecule has 0 unspecified atom stereocenters. The normalized spacial score (nSPS) is 11.8. The van der Waals surface area contributed by atoms with Crippen LogP contribution in [0.25, 0.3) is 0 Å². The summed E-state index contributed by atoms with van der Waals surface area (Å²) < 4.78 is 11.1. The van der Waals surface area contributed by atoms with Crippen LogP contribution in [0.1, 0.15) is 21.6 Å². The largest absolute Gasteiger partial charge is 0.505 e. The minimum atomic E-state index is -4.28. The second-order valence-electron chi connectivity index (χ2n) is 5.05. The predicted octanol–water partition coefficient (Wildman–Crippen LogP) is 3.04. The van der Waals surface area contributed by atoms with Crippen LogP contribution in [0.2, 0.25) is 0 Å². The van der Waals surface area contributed by atoms with E-state index < -0.39 is 13.8 Å². The first-order valence-electron chi connectivity index (χ1n) is 7.01. The third-order valence-corrected chi connectivity index (χ3v) is 4.06. The van der Waals surface area contributed by atoms with Crippen molar-refractivity contribution in [2.45, 2.75) is 13.3 Å². The number of aldehydes is 1. The first kappa shape index (κ1) is 17.9. The molecule has 0 spiro atoms. The fourth-order valence-corrected chi connectivity index (χ4v) is 2.57. The number of hydrogen-bond acceptors (Lipinski definition) is 6. The van der Waals surface area contributed by atoms with Crippen LogP contribution in [0.5, 0.6) is 5.75 Å². The van der Waals surface area contributed by atoms with E-state index in [2.05, 4.69) is 15.2 Å². The van der Waals surface area contributed by atoms with E-state index in [0.717, 1.165) is 0 Å². The summed E-state index contributed by atoms with van der Waals surface area (Å²) in [5.41, 5.74) is 0.798. The van der Waals surface area contributed by atoms with Gasteiger partial charge in [-0.3, -0.25) is 9.36 Å². The van der Waals surface area contributed by atoms with Gasteiger partial charge in [-0.05, 0) is 25.5 Å². The quantitative estimate of drug-likeness (QED) is 0.417. The Morgan fingerprint density at radius 2 is 1.88 bits per heavy atom. The van der Waals surface area contributed by atoms with Crippen LogP contribution in [0, 0.1) is 6.92 Å². The first-order chi connectivity index (χ1) is 11.3. The Balaban J connectivity index is 2.48. The van der Waals surface area contributed by atoms with Crippen LogP contribution >= 0.6 is 7.60 Å². The van der Waals surface area contributed by atoms with Gasteiger partial charge in [-0.15, -0.1) is 10.2 Å². The van der Waals surface area contributed by atoms with Gasteiger partial charge in [0.1, 0.15) is 5.75 Å². The molecule has 0 radical (unpaired) electrons. The second-order valence-corrected chi connectivity index (χ2v) is 6.83. The Bertz CT molecular complexity index is 818. The van der Waals surface area contributed by atoms with E-state index in [1.165, 1.54) is 6.92 Å². The molecule has 0 amide bonds.